The van der Waals surface area contributed by atoms with Crippen LogP contribution in [0.3, 0.4) is 0 Å². The average molecular weight is 160 g/mol. The molecule has 2 rings (SSSR count). The molecule has 2 heteroatoms. The molecule has 0 radical (unpaired) electrons. The quantitative estimate of drug-likeness (QED) is 0.533. The van der Waals surface area contributed by atoms with Gasteiger partial charge in [-0.25, -0.2) is 0 Å². The Morgan fingerprint density at radius 2 is 1.80 bits per heavy atom. The van der Waals surface area contributed by atoms with Crippen LogP contribution in [0.2, 0.25) is 0 Å². The Balaban J connectivity index is 0.000000500. The van der Waals surface area contributed by atoms with Crippen molar-refractivity contribution in [3.8, 4) is 0 Å². The van der Waals surface area contributed by atoms with Crippen LogP contribution in [-0.4, -0.2) is 13.1 Å². The van der Waals surface area contributed by atoms with Crippen molar-refractivity contribution in [2.24, 2.45) is 0 Å². The molecule has 0 spiro atoms. The summed E-state index contributed by atoms with van der Waals surface area (Å²) in [6.07, 6.45) is 5.57. The molecule has 0 amide bonds. The average Bonchev–Trinajstić information content (AvgIpc) is 2.11. The fraction of sp³-hybridized carbons (Fsp3) is 0.750. The molecule has 0 atom stereocenters. The minimum atomic E-state index is 0. The Morgan fingerprint density at radius 1 is 1.00 bits per heavy atom. The standard InChI is InChI=1S/C8H13N.ClH/c1-2-7(3-1)8-4-5-9-6-8;/h9H,1-6H2;1H. The molecule has 0 bridgehead atoms. The first-order chi connectivity index (χ1) is 4.47. The van der Waals surface area contributed by atoms with Crippen molar-refractivity contribution in [2.45, 2.75) is 25.7 Å². The lowest BCUT2D eigenvalue weighted by Crippen LogP contribution is -2.07. The third-order valence-corrected chi connectivity index (χ3v) is 2.40. The van der Waals surface area contributed by atoms with Crippen molar-refractivity contribution in [3.05, 3.63) is 11.1 Å². The molecule has 1 nitrogen and oxygen atoms in total. The predicted molar refractivity (Wildman–Crippen MR) is 45.6 cm³/mol. The third-order valence-electron chi connectivity index (χ3n) is 2.40. The number of nitrogens with one attached hydrogen (secondary N) is 1. The van der Waals surface area contributed by atoms with Gasteiger partial charge in [-0.15, -0.1) is 12.4 Å². The van der Waals surface area contributed by atoms with Gasteiger partial charge in [-0.2, -0.15) is 0 Å². The molecule has 1 aliphatic heterocycles. The molecule has 1 saturated carbocycles. The van der Waals surface area contributed by atoms with Crippen molar-refractivity contribution in [2.75, 3.05) is 13.1 Å². The van der Waals surface area contributed by atoms with Gasteiger partial charge in [0.25, 0.3) is 0 Å². The zero-order chi connectivity index (χ0) is 6.10. The first-order valence-corrected chi connectivity index (χ1v) is 3.87. The Morgan fingerprint density at radius 3 is 2.20 bits per heavy atom. The Hall–Kier alpha value is -0.0100. The molecule has 0 aromatic heterocycles. The van der Waals surface area contributed by atoms with Crippen LogP contribution < -0.4 is 5.32 Å². The van der Waals surface area contributed by atoms with Gasteiger partial charge in [-0.3, -0.25) is 0 Å². The number of allylic oxidation sites excluding steroid dienone is 1. The molecule has 10 heavy (non-hydrogen) atoms. The van der Waals surface area contributed by atoms with E-state index in [1.807, 2.05) is 0 Å². The van der Waals surface area contributed by atoms with E-state index < -0.39 is 0 Å². The molecule has 2 aliphatic rings. The fourth-order valence-corrected chi connectivity index (χ4v) is 1.58. The summed E-state index contributed by atoms with van der Waals surface area (Å²) in [6, 6.07) is 0. The second-order valence-corrected chi connectivity index (χ2v) is 2.99. The van der Waals surface area contributed by atoms with Crippen LogP contribution >= 0.6 is 12.4 Å². The summed E-state index contributed by atoms with van der Waals surface area (Å²) < 4.78 is 0. The lowest BCUT2D eigenvalue weighted by molar-refractivity contribution is 0.646. The smallest absolute Gasteiger partial charge is 0.0167 e. The normalized spacial score (nSPS) is 24.0. The summed E-state index contributed by atoms with van der Waals surface area (Å²) in [7, 11) is 0. The summed E-state index contributed by atoms with van der Waals surface area (Å²) in [5.74, 6) is 0. The molecule has 58 valence electrons. The van der Waals surface area contributed by atoms with Crippen LogP contribution in [-0.2, 0) is 0 Å². The first kappa shape index (κ1) is 8.09. The third kappa shape index (κ3) is 1.35. The second-order valence-electron chi connectivity index (χ2n) is 2.99. The number of hydrogen-bond donors (Lipinski definition) is 1. The van der Waals surface area contributed by atoms with Crippen LogP contribution in [0.4, 0.5) is 0 Å². The molecule has 1 N–H and O–H groups in total. The maximum Gasteiger partial charge on any atom is 0.0167 e. The van der Waals surface area contributed by atoms with Crippen LogP contribution in [0.25, 0.3) is 0 Å². The number of halogens is 1. The van der Waals surface area contributed by atoms with Gasteiger partial charge in [0.15, 0.2) is 0 Å². The van der Waals surface area contributed by atoms with Crippen LogP contribution in [0, 0.1) is 0 Å². The van der Waals surface area contributed by atoms with Crippen LogP contribution in [0.1, 0.15) is 25.7 Å². The molecule has 1 aliphatic carbocycles. The van der Waals surface area contributed by atoms with Crippen LogP contribution in [0.15, 0.2) is 11.1 Å². The van der Waals surface area contributed by atoms with E-state index in [1.165, 1.54) is 38.8 Å². The van der Waals surface area contributed by atoms with E-state index in [4.69, 9.17) is 0 Å². The minimum absolute atomic E-state index is 0. The molecule has 1 heterocycles. The topological polar surface area (TPSA) is 12.0 Å². The minimum Gasteiger partial charge on any atom is -0.313 e. The number of rotatable bonds is 0. The van der Waals surface area contributed by atoms with E-state index in [1.54, 1.807) is 11.1 Å². The second kappa shape index (κ2) is 3.40. The highest BCUT2D eigenvalue weighted by atomic mass is 35.5. The first-order valence-electron chi connectivity index (χ1n) is 3.87. The molecule has 2 fully saturated rings. The van der Waals surface area contributed by atoms with Gasteiger partial charge >= 0.3 is 0 Å². The summed E-state index contributed by atoms with van der Waals surface area (Å²) in [5, 5.41) is 3.36. The van der Waals surface area contributed by atoms with E-state index in [0.717, 1.165) is 0 Å². The highest BCUT2D eigenvalue weighted by molar-refractivity contribution is 5.85. The van der Waals surface area contributed by atoms with E-state index in [-0.39, 0.29) is 12.4 Å². The largest absolute Gasteiger partial charge is 0.313 e. The van der Waals surface area contributed by atoms with Gasteiger partial charge in [0.2, 0.25) is 0 Å². The van der Waals surface area contributed by atoms with Gasteiger partial charge < -0.3 is 5.32 Å². The highest BCUT2D eigenvalue weighted by Crippen LogP contribution is 2.30. The van der Waals surface area contributed by atoms with Crippen molar-refractivity contribution in [1.29, 1.82) is 0 Å². The van der Waals surface area contributed by atoms with Gasteiger partial charge in [0, 0.05) is 6.54 Å². The monoisotopic (exact) mass is 159 g/mol. The summed E-state index contributed by atoms with van der Waals surface area (Å²) in [4.78, 5) is 0. The van der Waals surface area contributed by atoms with Crippen molar-refractivity contribution in [1.82, 2.24) is 5.32 Å². The predicted octanol–water partition coefficient (Wildman–Crippen LogP) is 1.88. The number of hydrogen-bond acceptors (Lipinski definition) is 1. The Kier molecular flexibility index (Phi) is 2.75. The van der Waals surface area contributed by atoms with Crippen molar-refractivity contribution < 1.29 is 0 Å². The summed E-state index contributed by atoms with van der Waals surface area (Å²) in [5.41, 5.74) is 3.49. The maximum atomic E-state index is 3.36. The van der Waals surface area contributed by atoms with E-state index in [0.29, 0.717) is 0 Å². The summed E-state index contributed by atoms with van der Waals surface area (Å²) >= 11 is 0. The van der Waals surface area contributed by atoms with Gasteiger partial charge in [0.05, 0.1) is 0 Å². The molecule has 0 unspecified atom stereocenters. The molecular weight excluding hydrogens is 146 g/mol. The highest BCUT2D eigenvalue weighted by Gasteiger charge is 2.16. The SMILES string of the molecule is C1CC(=C2CCNC2)C1.Cl. The zero-order valence-corrected chi connectivity index (χ0v) is 6.97. The van der Waals surface area contributed by atoms with Gasteiger partial charge in [0.1, 0.15) is 0 Å². The molecule has 0 aromatic carbocycles. The van der Waals surface area contributed by atoms with Crippen molar-refractivity contribution >= 4 is 12.4 Å². The van der Waals surface area contributed by atoms with Gasteiger partial charge in [-0.1, -0.05) is 11.1 Å². The Bertz CT molecular complexity index is 137. The van der Waals surface area contributed by atoms with E-state index in [9.17, 15) is 0 Å². The fourth-order valence-electron chi connectivity index (χ4n) is 1.58. The lowest BCUT2D eigenvalue weighted by Gasteiger charge is -2.18. The van der Waals surface area contributed by atoms with Crippen LogP contribution in [0.5, 0.6) is 0 Å². The summed E-state index contributed by atoms with van der Waals surface area (Å²) in [6.45, 7) is 2.41. The Labute approximate surface area is 68.3 Å². The molecule has 0 aromatic rings. The van der Waals surface area contributed by atoms with Crippen molar-refractivity contribution in [3.63, 3.8) is 0 Å². The van der Waals surface area contributed by atoms with E-state index in [2.05, 4.69) is 5.32 Å². The zero-order valence-electron chi connectivity index (χ0n) is 6.15. The maximum absolute atomic E-state index is 3.36. The lowest BCUT2D eigenvalue weighted by atomic mass is 9.88. The molecule has 1 saturated heterocycles. The van der Waals surface area contributed by atoms with E-state index >= 15 is 0 Å². The van der Waals surface area contributed by atoms with Gasteiger partial charge in [-0.05, 0) is 32.2 Å². The molecular formula is C8H14ClN.